The highest BCUT2D eigenvalue weighted by molar-refractivity contribution is 9.10. The molecule has 0 saturated heterocycles. The molecule has 0 unspecified atom stereocenters. The standard InChI is InChI=1S/C20H24BrNO2/c1-13-6-7-14(2)18(10-13)24-12-19(23)22-17-9-8-15(11-16(17)21)20(3,4)5/h6-11H,12H2,1-5H3,(H,22,23). The Morgan fingerprint density at radius 3 is 2.46 bits per heavy atom. The van der Waals surface area contributed by atoms with Crippen LogP contribution in [0.2, 0.25) is 0 Å². The second kappa shape index (κ2) is 7.39. The van der Waals surface area contributed by atoms with E-state index in [1.165, 1.54) is 5.56 Å². The molecule has 0 spiro atoms. The molecule has 4 heteroatoms. The average molecular weight is 390 g/mol. The molecule has 128 valence electrons. The first-order chi connectivity index (χ1) is 11.2. The minimum Gasteiger partial charge on any atom is -0.483 e. The number of carbonyl (C=O) groups is 1. The Balaban J connectivity index is 2.01. The monoisotopic (exact) mass is 389 g/mol. The van der Waals surface area contributed by atoms with Crippen molar-refractivity contribution >= 4 is 27.5 Å². The number of rotatable bonds is 4. The molecule has 0 radical (unpaired) electrons. The van der Waals surface area contributed by atoms with E-state index in [-0.39, 0.29) is 17.9 Å². The van der Waals surface area contributed by atoms with E-state index in [0.29, 0.717) is 0 Å². The lowest BCUT2D eigenvalue weighted by atomic mass is 9.87. The fourth-order valence-electron chi connectivity index (χ4n) is 2.28. The third-order valence-electron chi connectivity index (χ3n) is 3.81. The van der Waals surface area contributed by atoms with Gasteiger partial charge in [0.15, 0.2) is 6.61 Å². The number of hydrogen-bond acceptors (Lipinski definition) is 2. The van der Waals surface area contributed by atoms with Crippen molar-refractivity contribution in [2.75, 3.05) is 11.9 Å². The van der Waals surface area contributed by atoms with E-state index in [2.05, 4.69) is 42.0 Å². The number of ether oxygens (including phenoxy) is 1. The summed E-state index contributed by atoms with van der Waals surface area (Å²) in [5, 5.41) is 2.88. The van der Waals surface area contributed by atoms with Crippen LogP contribution in [0.3, 0.4) is 0 Å². The molecule has 2 aromatic rings. The second-order valence-electron chi connectivity index (χ2n) is 7.05. The number of nitrogens with one attached hydrogen (secondary N) is 1. The van der Waals surface area contributed by atoms with Crippen LogP contribution >= 0.6 is 15.9 Å². The zero-order valence-corrected chi connectivity index (χ0v) is 16.5. The van der Waals surface area contributed by atoms with Crippen molar-refractivity contribution in [3.05, 3.63) is 57.6 Å². The zero-order valence-electron chi connectivity index (χ0n) is 14.9. The van der Waals surface area contributed by atoms with Gasteiger partial charge in [0.1, 0.15) is 5.75 Å². The molecule has 0 heterocycles. The fourth-order valence-corrected chi connectivity index (χ4v) is 2.75. The van der Waals surface area contributed by atoms with Crippen LogP contribution in [0.15, 0.2) is 40.9 Å². The molecule has 0 aliphatic rings. The Hall–Kier alpha value is -1.81. The highest BCUT2D eigenvalue weighted by Gasteiger charge is 2.15. The van der Waals surface area contributed by atoms with Crippen LogP contribution in [-0.2, 0) is 10.2 Å². The van der Waals surface area contributed by atoms with Crippen LogP contribution in [-0.4, -0.2) is 12.5 Å². The summed E-state index contributed by atoms with van der Waals surface area (Å²) < 4.78 is 6.51. The van der Waals surface area contributed by atoms with Gasteiger partial charge in [-0.15, -0.1) is 0 Å². The van der Waals surface area contributed by atoms with Gasteiger partial charge >= 0.3 is 0 Å². The second-order valence-corrected chi connectivity index (χ2v) is 7.90. The maximum Gasteiger partial charge on any atom is 0.262 e. The van der Waals surface area contributed by atoms with Crippen molar-refractivity contribution in [3.63, 3.8) is 0 Å². The summed E-state index contributed by atoms with van der Waals surface area (Å²) in [7, 11) is 0. The molecule has 0 aliphatic carbocycles. The molecule has 1 N–H and O–H groups in total. The van der Waals surface area contributed by atoms with Gasteiger partial charge in [-0.25, -0.2) is 0 Å². The molecule has 24 heavy (non-hydrogen) atoms. The maximum atomic E-state index is 12.2. The van der Waals surface area contributed by atoms with Crippen molar-refractivity contribution in [2.45, 2.75) is 40.0 Å². The summed E-state index contributed by atoms with van der Waals surface area (Å²) in [6, 6.07) is 11.9. The van der Waals surface area contributed by atoms with Gasteiger partial charge in [0.2, 0.25) is 0 Å². The third kappa shape index (κ3) is 4.84. The first kappa shape index (κ1) is 18.5. The van der Waals surface area contributed by atoms with Crippen molar-refractivity contribution in [2.24, 2.45) is 0 Å². The van der Waals surface area contributed by atoms with Crippen LogP contribution in [0.1, 0.15) is 37.5 Å². The molecule has 2 rings (SSSR count). The number of anilines is 1. The fraction of sp³-hybridized carbons (Fsp3) is 0.350. The molecule has 2 aromatic carbocycles. The number of hydrogen-bond donors (Lipinski definition) is 1. The van der Waals surface area contributed by atoms with Crippen molar-refractivity contribution in [1.82, 2.24) is 0 Å². The van der Waals surface area contributed by atoms with Crippen molar-refractivity contribution in [3.8, 4) is 5.75 Å². The van der Waals surface area contributed by atoms with Gasteiger partial charge in [0, 0.05) is 4.47 Å². The highest BCUT2D eigenvalue weighted by Crippen LogP contribution is 2.30. The van der Waals surface area contributed by atoms with E-state index in [4.69, 9.17) is 4.74 Å². The lowest BCUT2D eigenvalue weighted by Crippen LogP contribution is -2.21. The Morgan fingerprint density at radius 2 is 1.83 bits per heavy atom. The molecule has 1 amide bonds. The van der Waals surface area contributed by atoms with Crippen LogP contribution in [0, 0.1) is 13.8 Å². The normalized spacial score (nSPS) is 11.2. The van der Waals surface area contributed by atoms with Crippen molar-refractivity contribution in [1.29, 1.82) is 0 Å². The highest BCUT2D eigenvalue weighted by atomic mass is 79.9. The summed E-state index contributed by atoms with van der Waals surface area (Å²) in [5.41, 5.74) is 4.15. The topological polar surface area (TPSA) is 38.3 Å². The zero-order chi connectivity index (χ0) is 17.9. The van der Waals surface area contributed by atoms with Gasteiger partial charge < -0.3 is 10.1 Å². The first-order valence-corrected chi connectivity index (χ1v) is 8.76. The Bertz CT molecular complexity index is 748. The van der Waals surface area contributed by atoms with Crippen molar-refractivity contribution < 1.29 is 9.53 Å². The van der Waals surface area contributed by atoms with Gasteiger partial charge in [-0.05, 0) is 70.1 Å². The van der Waals surface area contributed by atoms with E-state index in [1.807, 2.05) is 50.2 Å². The smallest absolute Gasteiger partial charge is 0.262 e. The first-order valence-electron chi connectivity index (χ1n) is 7.97. The van der Waals surface area contributed by atoms with E-state index in [1.54, 1.807) is 0 Å². The van der Waals surface area contributed by atoms with Gasteiger partial charge in [-0.1, -0.05) is 39.0 Å². The summed E-state index contributed by atoms with van der Waals surface area (Å²) in [6.45, 7) is 10.4. The van der Waals surface area contributed by atoms with E-state index >= 15 is 0 Å². The van der Waals surface area contributed by atoms with Gasteiger partial charge in [-0.2, -0.15) is 0 Å². The van der Waals surface area contributed by atoms with E-state index in [9.17, 15) is 4.79 Å². The quantitative estimate of drug-likeness (QED) is 0.761. The molecule has 0 aliphatic heterocycles. The summed E-state index contributed by atoms with van der Waals surface area (Å²) in [5.74, 6) is 0.562. The summed E-state index contributed by atoms with van der Waals surface area (Å²) in [4.78, 5) is 12.2. The lowest BCUT2D eigenvalue weighted by Gasteiger charge is -2.20. The predicted octanol–water partition coefficient (Wildman–Crippen LogP) is 5.38. The summed E-state index contributed by atoms with van der Waals surface area (Å²) in [6.07, 6.45) is 0. The lowest BCUT2D eigenvalue weighted by molar-refractivity contribution is -0.118. The molecular weight excluding hydrogens is 366 g/mol. The largest absolute Gasteiger partial charge is 0.483 e. The number of benzene rings is 2. The SMILES string of the molecule is Cc1ccc(C)c(OCC(=O)Nc2ccc(C(C)(C)C)cc2Br)c1. The van der Waals surface area contributed by atoms with Gasteiger partial charge in [0.05, 0.1) is 5.69 Å². The minimum atomic E-state index is -0.180. The van der Waals surface area contributed by atoms with Crippen LogP contribution in [0.25, 0.3) is 0 Å². The molecular formula is C20H24BrNO2. The summed E-state index contributed by atoms with van der Waals surface area (Å²) >= 11 is 3.53. The van der Waals surface area contributed by atoms with Gasteiger partial charge in [-0.3, -0.25) is 4.79 Å². The van der Waals surface area contributed by atoms with E-state index in [0.717, 1.165) is 27.0 Å². The van der Waals surface area contributed by atoms with Crippen LogP contribution in [0.4, 0.5) is 5.69 Å². The molecule has 0 saturated carbocycles. The Labute approximate surface area is 152 Å². The average Bonchev–Trinajstić information content (AvgIpc) is 2.49. The van der Waals surface area contributed by atoms with Crippen LogP contribution < -0.4 is 10.1 Å². The Kier molecular flexibility index (Phi) is 5.70. The van der Waals surface area contributed by atoms with E-state index < -0.39 is 0 Å². The number of aryl methyl sites for hydroxylation is 2. The molecule has 0 atom stereocenters. The maximum absolute atomic E-state index is 12.2. The van der Waals surface area contributed by atoms with Gasteiger partial charge in [0.25, 0.3) is 5.91 Å². The molecule has 0 fully saturated rings. The number of amides is 1. The number of carbonyl (C=O) groups excluding carboxylic acids is 1. The molecule has 0 aromatic heterocycles. The number of halogens is 1. The molecule has 0 bridgehead atoms. The predicted molar refractivity (Wildman–Crippen MR) is 103 cm³/mol. The Morgan fingerprint density at radius 1 is 1.12 bits per heavy atom. The molecule has 3 nitrogen and oxygen atoms in total. The third-order valence-corrected chi connectivity index (χ3v) is 4.47. The van der Waals surface area contributed by atoms with Crippen LogP contribution in [0.5, 0.6) is 5.75 Å². The minimum absolute atomic E-state index is 0.0161.